The molecular weight excluding hydrogens is 440 g/mol. The van der Waals surface area contributed by atoms with Crippen molar-refractivity contribution in [2.45, 2.75) is 116 Å². The van der Waals surface area contributed by atoms with Crippen LogP contribution in [0.1, 0.15) is 116 Å². The molecule has 0 aromatic rings. The Morgan fingerprint density at radius 2 is 1.31 bits per heavy atom. The summed E-state index contributed by atoms with van der Waals surface area (Å²) in [6, 6.07) is 0. The van der Waals surface area contributed by atoms with E-state index in [1.807, 2.05) is 12.4 Å². The predicted octanol–water partition coefficient (Wildman–Crippen LogP) is 8.32. The molecule has 2 N–H and O–H groups in total. The molecule has 4 nitrogen and oxygen atoms in total. The zero-order chi connectivity index (χ0) is 25.0. The first-order valence-corrected chi connectivity index (χ1v) is 14.9. The SMILES string of the molecule is C=CNC1=C2CCCC(=CC1)N2CCCCCCCCCCCCNC1=C2CCCC(=CC1)N2C=C. The predicted molar refractivity (Wildman–Crippen MR) is 153 cm³/mol. The summed E-state index contributed by atoms with van der Waals surface area (Å²) in [5.74, 6) is 0. The van der Waals surface area contributed by atoms with Crippen molar-refractivity contribution in [3.63, 3.8) is 0 Å². The number of nitrogens with zero attached hydrogens (tertiary/aromatic N) is 2. The number of unbranched alkanes of at least 4 members (excludes halogenated alkanes) is 9. The molecule has 0 radical (unpaired) electrons. The molecule has 0 saturated carbocycles. The lowest BCUT2D eigenvalue weighted by Gasteiger charge is -2.39. The summed E-state index contributed by atoms with van der Waals surface area (Å²) >= 11 is 0. The number of rotatable bonds is 17. The summed E-state index contributed by atoms with van der Waals surface area (Å²) in [5.41, 5.74) is 8.82. The number of allylic oxidation sites excluding steroid dienone is 6. The maximum absolute atomic E-state index is 4.02. The van der Waals surface area contributed by atoms with Crippen molar-refractivity contribution < 1.29 is 0 Å². The summed E-state index contributed by atoms with van der Waals surface area (Å²) in [6.45, 7) is 10.2. The van der Waals surface area contributed by atoms with Crippen LogP contribution in [0.5, 0.6) is 0 Å². The molecule has 2 saturated heterocycles. The third-order valence-electron chi connectivity index (χ3n) is 8.35. The Labute approximate surface area is 221 Å². The summed E-state index contributed by atoms with van der Waals surface area (Å²) in [5, 5.41) is 7.13. The smallest absolute Gasteiger partial charge is 0.0415 e. The molecule has 0 atom stereocenters. The second kappa shape index (κ2) is 14.4. The van der Waals surface area contributed by atoms with E-state index in [0.717, 1.165) is 19.4 Å². The molecule has 0 spiro atoms. The molecule has 4 heterocycles. The topological polar surface area (TPSA) is 30.5 Å². The molecular formula is C32H50N4. The van der Waals surface area contributed by atoms with Crippen molar-refractivity contribution in [3.05, 3.63) is 71.9 Å². The second-order valence-electron chi connectivity index (χ2n) is 10.9. The highest BCUT2D eigenvalue weighted by Gasteiger charge is 2.26. The fourth-order valence-corrected chi connectivity index (χ4v) is 6.42. The van der Waals surface area contributed by atoms with Crippen LogP contribution in [0.15, 0.2) is 71.9 Å². The first-order valence-electron chi connectivity index (χ1n) is 14.9. The van der Waals surface area contributed by atoms with Gasteiger partial charge in [0.1, 0.15) is 0 Å². The number of fused-ring (bicyclic) bond motifs is 4. The lowest BCUT2D eigenvalue weighted by atomic mass is 9.95. The summed E-state index contributed by atoms with van der Waals surface area (Å²) in [6.07, 6.45) is 31.9. The van der Waals surface area contributed by atoms with Crippen LogP contribution in [0.2, 0.25) is 0 Å². The van der Waals surface area contributed by atoms with Crippen molar-refractivity contribution in [2.24, 2.45) is 0 Å². The lowest BCUT2D eigenvalue weighted by molar-refractivity contribution is 0.330. The van der Waals surface area contributed by atoms with E-state index in [9.17, 15) is 0 Å². The van der Waals surface area contributed by atoms with Crippen LogP contribution < -0.4 is 10.6 Å². The molecule has 4 aliphatic rings. The van der Waals surface area contributed by atoms with Crippen molar-refractivity contribution in [2.75, 3.05) is 13.1 Å². The van der Waals surface area contributed by atoms with Gasteiger partial charge >= 0.3 is 0 Å². The van der Waals surface area contributed by atoms with E-state index in [4.69, 9.17) is 0 Å². The van der Waals surface area contributed by atoms with Gasteiger partial charge in [-0.15, -0.1) is 0 Å². The Bertz CT molecular complexity index is 875. The number of nitrogens with one attached hydrogen (secondary N) is 2. The van der Waals surface area contributed by atoms with Gasteiger partial charge in [0.05, 0.1) is 0 Å². The highest BCUT2D eigenvalue weighted by Crippen LogP contribution is 2.36. The number of hydrogen-bond acceptors (Lipinski definition) is 4. The van der Waals surface area contributed by atoms with Gasteiger partial charge in [-0.25, -0.2) is 0 Å². The van der Waals surface area contributed by atoms with Crippen molar-refractivity contribution in [1.29, 1.82) is 0 Å². The van der Waals surface area contributed by atoms with Crippen LogP contribution in [0.25, 0.3) is 0 Å². The largest absolute Gasteiger partial charge is 0.387 e. The summed E-state index contributed by atoms with van der Waals surface area (Å²) < 4.78 is 0. The van der Waals surface area contributed by atoms with Crippen molar-refractivity contribution in [1.82, 2.24) is 20.4 Å². The first kappa shape index (κ1) is 26.7. The molecule has 0 aromatic heterocycles. The number of piperidine rings is 2. The summed E-state index contributed by atoms with van der Waals surface area (Å²) in [7, 11) is 0. The zero-order valence-corrected chi connectivity index (χ0v) is 22.8. The molecule has 0 amide bonds. The Kier molecular flexibility index (Phi) is 10.7. The van der Waals surface area contributed by atoms with Gasteiger partial charge in [0.15, 0.2) is 0 Å². The van der Waals surface area contributed by atoms with Crippen molar-refractivity contribution >= 4 is 0 Å². The standard InChI is InChI=1S/C32H50N4/c1-3-33-29-23-22-28-18-16-20-32(29)36(28)26-14-12-10-8-6-5-7-9-11-13-25-34-30-24-21-27-17-15-19-31(30)35(27)4-2/h3-4,21-22,33-34H,1-2,5-20,23-26H2. The van der Waals surface area contributed by atoms with E-state index >= 15 is 0 Å². The summed E-state index contributed by atoms with van der Waals surface area (Å²) in [4.78, 5) is 4.93. The van der Waals surface area contributed by atoms with E-state index in [1.165, 1.54) is 138 Å². The molecule has 36 heavy (non-hydrogen) atoms. The molecule has 0 aromatic carbocycles. The van der Waals surface area contributed by atoms with Crippen molar-refractivity contribution in [3.8, 4) is 0 Å². The van der Waals surface area contributed by atoms with Crippen LogP contribution >= 0.6 is 0 Å². The Morgan fingerprint density at radius 1 is 0.694 bits per heavy atom. The first-order chi connectivity index (χ1) is 17.8. The molecule has 2 fully saturated rings. The molecule has 4 bridgehead atoms. The second-order valence-corrected chi connectivity index (χ2v) is 10.9. The van der Waals surface area contributed by atoms with Gasteiger partial charge in [-0.3, -0.25) is 0 Å². The maximum atomic E-state index is 4.02. The Morgan fingerprint density at radius 3 is 2.03 bits per heavy atom. The van der Waals surface area contributed by atoms with E-state index in [0.29, 0.717) is 0 Å². The van der Waals surface area contributed by atoms with Crippen LogP contribution in [-0.4, -0.2) is 22.9 Å². The van der Waals surface area contributed by atoms with Gasteiger partial charge in [-0.1, -0.05) is 76.7 Å². The average molecular weight is 491 g/mol. The van der Waals surface area contributed by atoms with E-state index in [1.54, 1.807) is 5.70 Å². The van der Waals surface area contributed by atoms with Crippen LogP contribution in [0.4, 0.5) is 0 Å². The van der Waals surface area contributed by atoms with Crippen LogP contribution in [-0.2, 0) is 0 Å². The minimum absolute atomic E-state index is 1.05. The highest BCUT2D eigenvalue weighted by atomic mass is 15.2. The molecule has 198 valence electrons. The zero-order valence-electron chi connectivity index (χ0n) is 22.8. The van der Waals surface area contributed by atoms with Crippen LogP contribution in [0.3, 0.4) is 0 Å². The van der Waals surface area contributed by atoms with Crippen LogP contribution in [0, 0.1) is 0 Å². The van der Waals surface area contributed by atoms with Gasteiger partial charge in [0.2, 0.25) is 0 Å². The third-order valence-corrected chi connectivity index (χ3v) is 8.35. The van der Waals surface area contributed by atoms with Gasteiger partial charge in [-0.05, 0) is 57.6 Å². The highest BCUT2D eigenvalue weighted by molar-refractivity contribution is 5.31. The quantitative estimate of drug-likeness (QED) is 0.201. The molecule has 4 rings (SSSR count). The minimum Gasteiger partial charge on any atom is -0.387 e. The van der Waals surface area contributed by atoms with Gasteiger partial charge in [0.25, 0.3) is 0 Å². The molecule has 0 unspecified atom stereocenters. The fraction of sp³-hybridized carbons (Fsp3) is 0.625. The van der Waals surface area contributed by atoms with Gasteiger partial charge < -0.3 is 20.4 Å². The average Bonchev–Trinajstić information content (AvgIpc) is 2.89. The molecule has 4 heteroatoms. The fourth-order valence-electron chi connectivity index (χ4n) is 6.42. The Balaban J connectivity index is 0.987. The minimum atomic E-state index is 1.05. The lowest BCUT2D eigenvalue weighted by Crippen LogP contribution is -2.32. The van der Waals surface area contributed by atoms with E-state index in [-0.39, 0.29) is 0 Å². The molecule has 4 aliphatic heterocycles. The normalized spacial score (nSPS) is 19.2. The molecule has 0 aliphatic carbocycles. The van der Waals surface area contributed by atoms with Gasteiger partial charge in [-0.2, -0.15) is 0 Å². The van der Waals surface area contributed by atoms with Gasteiger partial charge in [0, 0.05) is 66.3 Å². The number of hydrogen-bond donors (Lipinski definition) is 2. The Hall–Kier alpha value is -2.36. The monoisotopic (exact) mass is 490 g/mol. The van der Waals surface area contributed by atoms with E-state index < -0.39 is 0 Å². The maximum Gasteiger partial charge on any atom is 0.0415 e. The van der Waals surface area contributed by atoms with E-state index in [2.05, 4.69) is 45.7 Å². The third kappa shape index (κ3) is 7.11.